The maximum Gasteiger partial charge on any atom is 0.141 e. The van der Waals surface area contributed by atoms with Gasteiger partial charge in [0.25, 0.3) is 0 Å². The van der Waals surface area contributed by atoms with Gasteiger partial charge in [-0.05, 0) is 45.4 Å². The largest absolute Gasteiger partial charge is 0.390 e. The van der Waals surface area contributed by atoms with E-state index in [4.69, 9.17) is 0 Å². The monoisotopic (exact) mass is 281 g/mol. The van der Waals surface area contributed by atoms with Crippen LogP contribution in [0.3, 0.4) is 0 Å². The number of nitrogens with zero attached hydrogens (tertiary/aromatic N) is 2. The molecule has 0 amide bonds. The predicted molar refractivity (Wildman–Crippen MR) is 76.9 cm³/mol. The zero-order chi connectivity index (χ0) is 14.6. The topological polar surface area (TPSA) is 48.4 Å². The van der Waals surface area contributed by atoms with Crippen molar-refractivity contribution in [2.24, 2.45) is 0 Å². The van der Waals surface area contributed by atoms with Crippen molar-refractivity contribution in [1.29, 1.82) is 0 Å². The lowest BCUT2D eigenvalue weighted by molar-refractivity contribution is -0.00595. The molecule has 0 aliphatic carbocycles. The molecule has 20 heavy (non-hydrogen) atoms. The SMILES string of the molecule is CNC(CCN1CCC(C)(O)CC1)c1ccc(F)cn1. The van der Waals surface area contributed by atoms with Crippen molar-refractivity contribution < 1.29 is 9.50 Å². The summed E-state index contributed by atoms with van der Waals surface area (Å²) in [6.07, 6.45) is 3.84. The van der Waals surface area contributed by atoms with Crippen molar-refractivity contribution in [2.45, 2.75) is 37.8 Å². The summed E-state index contributed by atoms with van der Waals surface area (Å²) in [7, 11) is 1.90. The summed E-state index contributed by atoms with van der Waals surface area (Å²) in [4.78, 5) is 6.51. The number of hydrogen-bond acceptors (Lipinski definition) is 4. The number of halogens is 1. The number of aliphatic hydroxyl groups is 1. The third kappa shape index (κ3) is 4.23. The van der Waals surface area contributed by atoms with Crippen LogP contribution in [0.5, 0.6) is 0 Å². The van der Waals surface area contributed by atoms with E-state index in [1.54, 1.807) is 6.07 Å². The standard InChI is InChI=1S/C15H24FN3O/c1-15(20)6-9-19(10-7-15)8-5-13(17-2)14-4-3-12(16)11-18-14/h3-4,11,13,17,20H,5-10H2,1-2H3. The Kier molecular flexibility index (Phi) is 5.07. The highest BCUT2D eigenvalue weighted by Crippen LogP contribution is 2.22. The van der Waals surface area contributed by atoms with Crippen LogP contribution in [0.15, 0.2) is 18.3 Å². The second kappa shape index (κ2) is 6.61. The molecule has 1 aromatic heterocycles. The van der Waals surface area contributed by atoms with Gasteiger partial charge in [0.1, 0.15) is 5.82 Å². The second-order valence-corrected chi connectivity index (χ2v) is 5.87. The average Bonchev–Trinajstić information content (AvgIpc) is 2.43. The minimum Gasteiger partial charge on any atom is -0.390 e. The molecule has 1 fully saturated rings. The van der Waals surface area contributed by atoms with Gasteiger partial charge in [-0.25, -0.2) is 4.39 Å². The molecular formula is C15H24FN3O. The van der Waals surface area contributed by atoms with Crippen molar-refractivity contribution in [3.05, 3.63) is 29.8 Å². The van der Waals surface area contributed by atoms with Gasteiger partial charge < -0.3 is 15.3 Å². The van der Waals surface area contributed by atoms with Gasteiger partial charge in [0.2, 0.25) is 0 Å². The van der Waals surface area contributed by atoms with Crippen molar-refractivity contribution in [3.63, 3.8) is 0 Å². The first-order valence-electron chi connectivity index (χ1n) is 7.24. The molecule has 0 spiro atoms. The van der Waals surface area contributed by atoms with Crippen molar-refractivity contribution >= 4 is 0 Å². The Balaban J connectivity index is 1.84. The molecule has 0 radical (unpaired) electrons. The van der Waals surface area contributed by atoms with Crippen molar-refractivity contribution in [2.75, 3.05) is 26.7 Å². The van der Waals surface area contributed by atoms with E-state index in [-0.39, 0.29) is 11.9 Å². The summed E-state index contributed by atoms with van der Waals surface area (Å²) >= 11 is 0. The summed E-state index contributed by atoms with van der Waals surface area (Å²) in [6.45, 7) is 4.73. The summed E-state index contributed by atoms with van der Waals surface area (Å²) in [5.74, 6) is -0.304. The molecule has 1 aromatic rings. The molecule has 1 aliphatic heterocycles. The van der Waals surface area contributed by atoms with Gasteiger partial charge in [0.15, 0.2) is 0 Å². The van der Waals surface area contributed by atoms with Gasteiger partial charge >= 0.3 is 0 Å². The van der Waals surface area contributed by atoms with E-state index in [1.165, 1.54) is 12.3 Å². The molecule has 0 saturated carbocycles. The lowest BCUT2D eigenvalue weighted by Gasteiger charge is -2.36. The highest BCUT2D eigenvalue weighted by Gasteiger charge is 2.27. The maximum absolute atomic E-state index is 12.9. The predicted octanol–water partition coefficient (Wildman–Crippen LogP) is 1.72. The van der Waals surface area contributed by atoms with E-state index in [0.29, 0.717) is 0 Å². The lowest BCUT2D eigenvalue weighted by atomic mass is 9.93. The summed E-state index contributed by atoms with van der Waals surface area (Å²) in [5.41, 5.74) is 0.371. The molecule has 2 N–H and O–H groups in total. The van der Waals surface area contributed by atoms with E-state index in [2.05, 4.69) is 15.2 Å². The van der Waals surface area contributed by atoms with Crippen LogP contribution in [0.2, 0.25) is 0 Å². The Morgan fingerprint density at radius 1 is 1.45 bits per heavy atom. The molecular weight excluding hydrogens is 257 g/mol. The number of likely N-dealkylation sites (tertiary alicyclic amines) is 1. The smallest absolute Gasteiger partial charge is 0.141 e. The van der Waals surface area contributed by atoms with E-state index in [9.17, 15) is 9.50 Å². The van der Waals surface area contributed by atoms with Crippen molar-refractivity contribution in [1.82, 2.24) is 15.2 Å². The quantitative estimate of drug-likeness (QED) is 0.863. The molecule has 1 aliphatic rings. The average molecular weight is 281 g/mol. The van der Waals surface area contributed by atoms with Crippen LogP contribution >= 0.6 is 0 Å². The fourth-order valence-electron chi connectivity index (χ4n) is 2.60. The van der Waals surface area contributed by atoms with Crippen LogP contribution in [-0.4, -0.2) is 47.3 Å². The number of hydrogen-bond donors (Lipinski definition) is 2. The van der Waals surface area contributed by atoms with Gasteiger partial charge in [-0.2, -0.15) is 0 Å². The van der Waals surface area contributed by atoms with E-state index >= 15 is 0 Å². The van der Waals surface area contributed by atoms with Crippen LogP contribution in [0.25, 0.3) is 0 Å². The number of pyridine rings is 1. The number of nitrogens with one attached hydrogen (secondary N) is 1. The van der Waals surface area contributed by atoms with Crippen LogP contribution in [0.4, 0.5) is 4.39 Å². The number of aromatic nitrogens is 1. The Hall–Kier alpha value is -1.04. The molecule has 0 bridgehead atoms. The van der Waals surface area contributed by atoms with Crippen LogP contribution in [-0.2, 0) is 0 Å². The molecule has 0 aromatic carbocycles. The van der Waals surface area contributed by atoms with Crippen LogP contribution in [0, 0.1) is 5.82 Å². The summed E-state index contributed by atoms with van der Waals surface area (Å²) in [6, 6.07) is 3.32. The Morgan fingerprint density at radius 2 is 2.15 bits per heavy atom. The van der Waals surface area contributed by atoms with Gasteiger partial charge in [-0.3, -0.25) is 4.98 Å². The lowest BCUT2D eigenvalue weighted by Crippen LogP contribution is -2.43. The molecule has 1 unspecified atom stereocenters. The van der Waals surface area contributed by atoms with E-state index < -0.39 is 5.60 Å². The van der Waals surface area contributed by atoms with E-state index in [0.717, 1.165) is 44.6 Å². The van der Waals surface area contributed by atoms with E-state index in [1.807, 2.05) is 14.0 Å². The van der Waals surface area contributed by atoms with Gasteiger partial charge in [0.05, 0.1) is 23.5 Å². The Labute approximate surface area is 120 Å². The highest BCUT2D eigenvalue weighted by molar-refractivity contribution is 5.09. The molecule has 5 heteroatoms. The molecule has 4 nitrogen and oxygen atoms in total. The molecule has 112 valence electrons. The maximum atomic E-state index is 12.9. The summed E-state index contributed by atoms with van der Waals surface area (Å²) < 4.78 is 12.9. The molecule has 2 heterocycles. The fourth-order valence-corrected chi connectivity index (χ4v) is 2.60. The zero-order valence-corrected chi connectivity index (χ0v) is 12.3. The van der Waals surface area contributed by atoms with Crippen LogP contribution < -0.4 is 5.32 Å². The van der Waals surface area contributed by atoms with Crippen molar-refractivity contribution in [3.8, 4) is 0 Å². The minimum atomic E-state index is -0.503. The minimum absolute atomic E-state index is 0.137. The second-order valence-electron chi connectivity index (χ2n) is 5.87. The third-order valence-electron chi connectivity index (χ3n) is 4.12. The number of rotatable bonds is 5. The normalized spacial score (nSPS) is 20.8. The van der Waals surface area contributed by atoms with Gasteiger partial charge in [-0.15, -0.1) is 0 Å². The van der Waals surface area contributed by atoms with Gasteiger partial charge in [-0.1, -0.05) is 0 Å². The summed E-state index contributed by atoms with van der Waals surface area (Å²) in [5, 5.41) is 13.2. The van der Waals surface area contributed by atoms with Crippen LogP contribution in [0.1, 0.15) is 37.9 Å². The number of piperidine rings is 1. The Morgan fingerprint density at radius 3 is 2.70 bits per heavy atom. The third-order valence-corrected chi connectivity index (χ3v) is 4.12. The first-order valence-corrected chi connectivity index (χ1v) is 7.24. The fraction of sp³-hybridized carbons (Fsp3) is 0.667. The molecule has 2 rings (SSSR count). The Bertz CT molecular complexity index is 412. The molecule has 1 atom stereocenters. The first-order chi connectivity index (χ1) is 9.50. The first kappa shape index (κ1) is 15.4. The zero-order valence-electron chi connectivity index (χ0n) is 12.3. The van der Waals surface area contributed by atoms with Gasteiger partial charge in [0, 0.05) is 19.6 Å². The molecule has 1 saturated heterocycles. The highest BCUT2D eigenvalue weighted by atomic mass is 19.1.